The van der Waals surface area contributed by atoms with Gasteiger partial charge in [-0.2, -0.15) is 0 Å². The molecule has 1 fully saturated rings. The third kappa shape index (κ3) is 6.03. The zero-order chi connectivity index (χ0) is 18.2. The smallest absolute Gasteiger partial charge is 0.213 e. The first kappa shape index (κ1) is 19.2. The number of hydrogen-bond acceptors (Lipinski definition) is 7. The molecule has 7 nitrogen and oxygen atoms in total. The minimum absolute atomic E-state index is 0.0506. The summed E-state index contributed by atoms with van der Waals surface area (Å²) in [6.45, 7) is 4.55. The van der Waals surface area contributed by atoms with Crippen LogP contribution in [0.3, 0.4) is 0 Å². The van der Waals surface area contributed by atoms with E-state index < -0.39 is 10.0 Å². The normalized spacial score (nSPS) is 15.3. The molecule has 0 spiro atoms. The van der Waals surface area contributed by atoms with E-state index >= 15 is 0 Å². The van der Waals surface area contributed by atoms with Crippen LogP contribution in [-0.2, 0) is 27.8 Å². The van der Waals surface area contributed by atoms with E-state index in [0.29, 0.717) is 19.6 Å². The maximum atomic E-state index is 12.0. The average molecular weight is 397 g/mol. The van der Waals surface area contributed by atoms with Gasteiger partial charge < -0.3 is 15.0 Å². The first-order chi connectivity index (χ1) is 12.6. The Morgan fingerprint density at radius 1 is 1.15 bits per heavy atom. The molecule has 3 rings (SSSR count). The summed E-state index contributed by atoms with van der Waals surface area (Å²) in [5.41, 5.74) is 0.948. The van der Waals surface area contributed by atoms with Crippen molar-refractivity contribution in [2.45, 2.75) is 13.1 Å². The molecule has 2 aromatic rings. The van der Waals surface area contributed by atoms with Crippen molar-refractivity contribution < 1.29 is 13.2 Å². The average Bonchev–Trinajstić information content (AvgIpc) is 3.14. The van der Waals surface area contributed by atoms with Gasteiger partial charge in [0.05, 0.1) is 19.0 Å². The zero-order valence-corrected chi connectivity index (χ0v) is 16.2. The Morgan fingerprint density at radius 3 is 2.69 bits per heavy atom. The van der Waals surface area contributed by atoms with Gasteiger partial charge in [0.1, 0.15) is 0 Å². The molecule has 1 aliphatic rings. The van der Waals surface area contributed by atoms with Gasteiger partial charge in [0.25, 0.3) is 0 Å². The van der Waals surface area contributed by atoms with Gasteiger partial charge in [0.2, 0.25) is 10.0 Å². The second kappa shape index (κ2) is 9.43. The summed E-state index contributed by atoms with van der Waals surface area (Å²) < 4.78 is 32.1. The Hall–Kier alpha value is -1.52. The van der Waals surface area contributed by atoms with E-state index in [-0.39, 0.29) is 5.75 Å². The quantitative estimate of drug-likeness (QED) is 0.620. The van der Waals surface area contributed by atoms with E-state index in [1.807, 2.05) is 36.5 Å². The topological polar surface area (TPSA) is 83.6 Å². The fourth-order valence-corrected chi connectivity index (χ4v) is 4.43. The van der Waals surface area contributed by atoms with Crippen molar-refractivity contribution in [1.29, 1.82) is 0 Å². The van der Waals surface area contributed by atoms with Crippen LogP contribution in [0.1, 0.15) is 10.4 Å². The highest BCUT2D eigenvalue weighted by atomic mass is 32.2. The highest BCUT2D eigenvalue weighted by molar-refractivity contribution is 7.89. The number of benzene rings is 1. The van der Waals surface area contributed by atoms with Crippen LogP contribution in [0.15, 0.2) is 36.5 Å². The summed E-state index contributed by atoms with van der Waals surface area (Å²) in [5.74, 6) is 0.0506. The van der Waals surface area contributed by atoms with E-state index in [0.717, 1.165) is 41.9 Å². The molecule has 26 heavy (non-hydrogen) atoms. The Balaban J connectivity index is 1.37. The Bertz CT molecular complexity index is 774. The van der Waals surface area contributed by atoms with Crippen molar-refractivity contribution in [2.75, 3.05) is 43.5 Å². The predicted octanol–water partition coefficient (Wildman–Crippen LogP) is 1.19. The van der Waals surface area contributed by atoms with Crippen molar-refractivity contribution in [3.05, 3.63) is 47.0 Å². The van der Waals surface area contributed by atoms with Crippen molar-refractivity contribution in [3.8, 4) is 0 Å². The predicted molar refractivity (Wildman–Crippen MR) is 104 cm³/mol. The van der Waals surface area contributed by atoms with Crippen LogP contribution in [0.4, 0.5) is 5.13 Å². The number of anilines is 1. The van der Waals surface area contributed by atoms with E-state index in [4.69, 9.17) is 4.74 Å². The van der Waals surface area contributed by atoms with E-state index in [1.54, 1.807) is 11.3 Å². The van der Waals surface area contributed by atoms with Crippen molar-refractivity contribution >= 4 is 26.5 Å². The molecule has 2 heterocycles. The number of sulfonamides is 1. The Kier molecular flexibility index (Phi) is 6.98. The number of morpholine rings is 1. The maximum Gasteiger partial charge on any atom is 0.213 e. The number of nitrogens with one attached hydrogen (secondary N) is 2. The van der Waals surface area contributed by atoms with Gasteiger partial charge in [-0.05, 0) is 5.56 Å². The summed E-state index contributed by atoms with van der Waals surface area (Å²) in [4.78, 5) is 7.76. The van der Waals surface area contributed by atoms with Crippen LogP contribution in [0, 0.1) is 0 Å². The number of thiazole rings is 1. The van der Waals surface area contributed by atoms with Crippen LogP contribution in [0.25, 0.3) is 0 Å². The summed E-state index contributed by atoms with van der Waals surface area (Å²) in [5, 5.41) is 4.18. The first-order valence-corrected chi connectivity index (χ1v) is 11.1. The monoisotopic (exact) mass is 396 g/mol. The van der Waals surface area contributed by atoms with Gasteiger partial charge in [-0.15, -0.1) is 11.3 Å². The maximum absolute atomic E-state index is 12.0. The fraction of sp³-hybridized carbons (Fsp3) is 0.471. The summed E-state index contributed by atoms with van der Waals surface area (Å²) in [7, 11) is -3.29. The fourth-order valence-electron chi connectivity index (χ4n) is 2.56. The molecule has 142 valence electrons. The highest BCUT2D eigenvalue weighted by Crippen LogP contribution is 2.23. The third-order valence-corrected chi connectivity index (χ3v) is 6.39. The molecule has 1 saturated heterocycles. The lowest BCUT2D eigenvalue weighted by atomic mass is 10.2. The molecule has 0 bridgehead atoms. The van der Waals surface area contributed by atoms with Gasteiger partial charge >= 0.3 is 0 Å². The minimum Gasteiger partial charge on any atom is -0.378 e. The Labute approximate surface area is 158 Å². The van der Waals surface area contributed by atoms with Gasteiger partial charge in [-0.3, -0.25) is 0 Å². The molecule has 2 N–H and O–H groups in total. The van der Waals surface area contributed by atoms with Crippen LogP contribution in [0.2, 0.25) is 0 Å². The first-order valence-electron chi connectivity index (χ1n) is 8.62. The molecule has 0 amide bonds. The summed E-state index contributed by atoms with van der Waals surface area (Å²) in [6.07, 6.45) is 1.85. The van der Waals surface area contributed by atoms with Crippen molar-refractivity contribution in [3.63, 3.8) is 0 Å². The van der Waals surface area contributed by atoms with Crippen molar-refractivity contribution in [2.24, 2.45) is 0 Å². The van der Waals surface area contributed by atoms with E-state index in [1.165, 1.54) is 0 Å². The standard InChI is InChI=1S/C17H24N4O3S2/c22-26(23,20-12-15-4-2-1-3-5-15)11-6-18-13-16-14-19-17(25-16)21-7-9-24-10-8-21/h1-5,14,18,20H,6-13H2. The van der Waals surface area contributed by atoms with Crippen LogP contribution in [0.5, 0.6) is 0 Å². The summed E-state index contributed by atoms with van der Waals surface area (Å²) in [6, 6.07) is 9.50. The second-order valence-electron chi connectivity index (χ2n) is 6.01. The molecular weight excluding hydrogens is 372 g/mol. The molecule has 0 aliphatic carbocycles. The number of nitrogens with zero attached hydrogens (tertiary/aromatic N) is 2. The lowest BCUT2D eigenvalue weighted by Gasteiger charge is -2.25. The molecule has 1 aliphatic heterocycles. The molecule has 0 atom stereocenters. The molecule has 0 radical (unpaired) electrons. The lowest BCUT2D eigenvalue weighted by molar-refractivity contribution is 0.122. The molecule has 0 saturated carbocycles. The van der Waals surface area contributed by atoms with E-state index in [2.05, 4.69) is 19.9 Å². The minimum atomic E-state index is -3.29. The molecule has 1 aromatic heterocycles. The highest BCUT2D eigenvalue weighted by Gasteiger charge is 2.15. The number of ether oxygens (including phenoxy) is 1. The third-order valence-electron chi connectivity index (χ3n) is 4.01. The molecule has 1 aromatic carbocycles. The number of aromatic nitrogens is 1. The zero-order valence-electron chi connectivity index (χ0n) is 14.6. The van der Waals surface area contributed by atoms with Gasteiger partial charge in [-0.1, -0.05) is 30.3 Å². The molecular formula is C17H24N4O3S2. The van der Waals surface area contributed by atoms with Gasteiger partial charge in [0, 0.05) is 43.8 Å². The largest absolute Gasteiger partial charge is 0.378 e. The summed E-state index contributed by atoms with van der Waals surface area (Å²) >= 11 is 1.64. The number of rotatable bonds is 9. The molecule has 9 heteroatoms. The van der Waals surface area contributed by atoms with Crippen LogP contribution in [-0.4, -0.2) is 52.0 Å². The Morgan fingerprint density at radius 2 is 1.92 bits per heavy atom. The van der Waals surface area contributed by atoms with Gasteiger partial charge in [-0.25, -0.2) is 18.1 Å². The van der Waals surface area contributed by atoms with Crippen LogP contribution < -0.4 is 14.9 Å². The van der Waals surface area contributed by atoms with E-state index in [9.17, 15) is 8.42 Å². The van der Waals surface area contributed by atoms with Crippen LogP contribution >= 0.6 is 11.3 Å². The number of hydrogen-bond donors (Lipinski definition) is 2. The SMILES string of the molecule is O=S(=O)(CCNCc1cnc(N2CCOCC2)s1)NCc1ccccc1. The lowest BCUT2D eigenvalue weighted by Crippen LogP contribution is -2.36. The van der Waals surface area contributed by atoms with Gasteiger partial charge in [0.15, 0.2) is 5.13 Å². The van der Waals surface area contributed by atoms with Crippen molar-refractivity contribution in [1.82, 2.24) is 15.0 Å². The molecule has 0 unspecified atom stereocenters. The second-order valence-corrected chi connectivity index (χ2v) is 9.03.